The molecule has 4 nitrogen and oxygen atoms in total. The molecule has 0 radical (unpaired) electrons. The van der Waals surface area contributed by atoms with E-state index in [0.29, 0.717) is 0 Å². The molecule has 0 aromatic heterocycles. The number of aryl methyl sites for hydroxylation is 1. The van der Waals surface area contributed by atoms with Crippen LogP contribution in [0.1, 0.15) is 6.99 Å². The molecule has 3 N–H and O–H groups in total. The van der Waals surface area contributed by atoms with E-state index >= 15 is 0 Å². The summed E-state index contributed by atoms with van der Waals surface area (Å²) in [6.07, 6.45) is 0. The molecule has 0 aliphatic heterocycles. The van der Waals surface area contributed by atoms with Crippen molar-refractivity contribution in [3.05, 3.63) is 29.8 Å². The monoisotopic (exact) mass is 291 g/mol. The Balaban J connectivity index is -0.000000339. The quantitative estimate of drug-likeness (QED) is 0.379. The molecule has 0 unspecified atom stereocenters. The van der Waals surface area contributed by atoms with E-state index in [1.807, 2.05) is 6.92 Å². The van der Waals surface area contributed by atoms with E-state index in [2.05, 4.69) is 20.9 Å². The van der Waals surface area contributed by atoms with Crippen LogP contribution in [0.3, 0.4) is 0 Å². The van der Waals surface area contributed by atoms with Gasteiger partial charge in [-0.25, -0.2) is 0 Å². The van der Waals surface area contributed by atoms with Crippen LogP contribution in [0.5, 0.6) is 0 Å². The maximum absolute atomic E-state index is 10.5. The van der Waals surface area contributed by atoms with Gasteiger partial charge in [0.2, 0.25) is 0 Å². The summed E-state index contributed by atoms with van der Waals surface area (Å²) in [7, 11) is -4.02. The predicted octanol–water partition coefficient (Wildman–Crippen LogP) is -1.39. The van der Waals surface area contributed by atoms with E-state index < -0.39 is 10.1 Å². The van der Waals surface area contributed by atoms with E-state index in [1.54, 1.807) is 12.1 Å². The summed E-state index contributed by atoms with van der Waals surface area (Å²) in [5.74, 6) is 0. The van der Waals surface area contributed by atoms with E-state index in [9.17, 15) is 8.42 Å². The molecule has 1 rings (SSSR count). The molecule has 0 amide bonds. The van der Waals surface area contributed by atoms with Gasteiger partial charge in [0.1, 0.15) is 0 Å². The normalized spacial score (nSPS) is 9.43. The fourth-order valence-electron chi connectivity index (χ4n) is 0.710. The van der Waals surface area contributed by atoms with Crippen LogP contribution < -0.4 is 34.3 Å². The Morgan fingerprint density at radius 2 is 1.64 bits per heavy atom. The first-order valence-corrected chi connectivity index (χ1v) is 5.62. The minimum Gasteiger partial charge on any atom is -1.00 e. The third-order valence-electron chi connectivity index (χ3n) is 1.32. The third-order valence-corrected chi connectivity index (χ3v) is 2.19. The van der Waals surface area contributed by atoms with Crippen LogP contribution in [-0.2, 0) is 10.1 Å². The average molecular weight is 292 g/mol. The minimum atomic E-state index is -4.02. The van der Waals surface area contributed by atoms with Crippen molar-refractivity contribution in [3.8, 4) is 0 Å². The molecule has 14 heavy (non-hydrogen) atoms. The number of benzene rings is 1. The van der Waals surface area contributed by atoms with Gasteiger partial charge in [0, 0.05) is 16.1 Å². The van der Waals surface area contributed by atoms with Crippen molar-refractivity contribution >= 4 is 26.3 Å². The van der Waals surface area contributed by atoms with Crippen molar-refractivity contribution < 1.29 is 44.0 Å². The van der Waals surface area contributed by atoms with Crippen LogP contribution >= 0.6 is 16.1 Å². The van der Waals surface area contributed by atoms with Crippen LogP contribution in [-0.4, -0.2) is 13.0 Å². The first-order chi connectivity index (χ1) is 6.00. The molecule has 0 aliphatic rings. The van der Waals surface area contributed by atoms with E-state index in [1.165, 1.54) is 12.1 Å². The molecule has 1 aromatic rings. The van der Waals surface area contributed by atoms with Crippen LogP contribution in [0.25, 0.3) is 0 Å². The summed E-state index contributed by atoms with van der Waals surface area (Å²) in [5, 5.41) is 0. The van der Waals surface area contributed by atoms with Gasteiger partial charge in [-0.2, -0.15) is 8.42 Å². The summed E-state index contributed by atoms with van der Waals surface area (Å²) in [5.41, 5.74) is 0.956. The van der Waals surface area contributed by atoms with Gasteiger partial charge < -0.3 is 1.43 Å². The predicted molar refractivity (Wildman–Crippen MR) is 55.2 cm³/mol. The number of hydrogen-bond acceptors (Lipinski definition) is 3. The molecule has 76 valence electrons. The Hall–Kier alpha value is 0.570. The van der Waals surface area contributed by atoms with Crippen molar-refractivity contribution in [2.45, 2.75) is 11.8 Å². The molecule has 0 atom stereocenters. The van der Waals surface area contributed by atoms with Gasteiger partial charge in [-0.05, 0) is 19.1 Å². The third kappa shape index (κ3) is 6.13. The smallest absolute Gasteiger partial charge is 1.00 e. The molecule has 7 heteroatoms. The molecule has 0 saturated carbocycles. The molecule has 0 bridgehead atoms. The molecule has 0 saturated heterocycles. The largest absolute Gasteiger partial charge is 1.00 e. The summed E-state index contributed by atoms with van der Waals surface area (Å²) >= 11 is 2.44. The standard InChI is InChI=1S/C7H8O3S.BrH2N.Na.H/c1-6-2-4-7(5-3-6)11(8,9)10;1-2;;/h2-5H,1H3,(H,8,9,10);2H2;;/q;;+1;-1. The number of rotatable bonds is 1. The Morgan fingerprint density at radius 1 is 1.29 bits per heavy atom. The maximum Gasteiger partial charge on any atom is 1.00 e. The van der Waals surface area contributed by atoms with E-state index in [0.717, 1.165) is 5.56 Å². The molecule has 0 aliphatic carbocycles. The van der Waals surface area contributed by atoms with Gasteiger partial charge in [-0.1, -0.05) is 17.7 Å². The van der Waals surface area contributed by atoms with Crippen LogP contribution in [0.2, 0.25) is 0 Å². The SMILES string of the molecule is Cc1ccc(S(=O)(=O)O)cc1.NBr.[H-].[Na+]. The van der Waals surface area contributed by atoms with Gasteiger partial charge in [0.05, 0.1) is 4.90 Å². The van der Waals surface area contributed by atoms with Crippen molar-refractivity contribution in [2.24, 2.45) is 4.76 Å². The fourth-order valence-corrected chi connectivity index (χ4v) is 1.19. The van der Waals surface area contributed by atoms with Crippen molar-refractivity contribution in [1.82, 2.24) is 0 Å². The van der Waals surface area contributed by atoms with Gasteiger partial charge >= 0.3 is 29.6 Å². The number of hydrogen-bond donors (Lipinski definition) is 2. The van der Waals surface area contributed by atoms with Crippen molar-refractivity contribution in [3.63, 3.8) is 0 Å². The van der Waals surface area contributed by atoms with E-state index in [-0.39, 0.29) is 35.9 Å². The van der Waals surface area contributed by atoms with Gasteiger partial charge in [0.25, 0.3) is 10.1 Å². The minimum absolute atomic E-state index is 0. The topological polar surface area (TPSA) is 80.4 Å². The van der Waals surface area contributed by atoms with Crippen LogP contribution in [0, 0.1) is 6.92 Å². The molecule has 0 fully saturated rings. The number of nitrogens with two attached hydrogens (primary N) is 1. The fraction of sp³-hybridized carbons (Fsp3) is 0.143. The summed E-state index contributed by atoms with van der Waals surface area (Å²) < 4.78 is 33.9. The number of halogens is 1. The van der Waals surface area contributed by atoms with E-state index in [4.69, 9.17) is 4.55 Å². The van der Waals surface area contributed by atoms with Crippen molar-refractivity contribution in [1.29, 1.82) is 0 Å². The first-order valence-electron chi connectivity index (χ1n) is 3.26. The second-order valence-corrected chi connectivity index (χ2v) is 3.71. The van der Waals surface area contributed by atoms with Gasteiger partial charge in [-0.3, -0.25) is 9.31 Å². The maximum atomic E-state index is 10.5. The Labute approximate surface area is 116 Å². The average Bonchev–Trinajstić information content (AvgIpc) is 2.07. The molecular formula is C7H11BrNNaO3S. The van der Waals surface area contributed by atoms with Crippen LogP contribution in [0.4, 0.5) is 0 Å². The molecular weight excluding hydrogens is 281 g/mol. The summed E-state index contributed by atoms with van der Waals surface area (Å²) in [6, 6.07) is 5.99. The zero-order valence-electron chi connectivity index (χ0n) is 8.94. The molecule has 0 heterocycles. The van der Waals surface area contributed by atoms with Gasteiger partial charge in [-0.15, -0.1) is 0 Å². The zero-order chi connectivity index (χ0) is 10.5. The zero-order valence-corrected chi connectivity index (χ0v) is 12.3. The first kappa shape index (κ1) is 17.0. The second kappa shape index (κ2) is 7.81. The molecule has 0 spiro atoms. The van der Waals surface area contributed by atoms with Crippen LogP contribution in [0.15, 0.2) is 29.2 Å². The Kier molecular flexibility index (Phi) is 9.47. The Morgan fingerprint density at radius 3 is 1.93 bits per heavy atom. The summed E-state index contributed by atoms with van der Waals surface area (Å²) in [6.45, 7) is 1.84. The Bertz CT molecular complexity index is 357. The van der Waals surface area contributed by atoms with Crippen molar-refractivity contribution in [2.75, 3.05) is 0 Å². The van der Waals surface area contributed by atoms with Gasteiger partial charge in [0.15, 0.2) is 0 Å². The molecule has 1 aromatic carbocycles. The summed E-state index contributed by atoms with van der Waals surface area (Å²) in [4.78, 5) is -0.0666. The second-order valence-electron chi connectivity index (χ2n) is 2.29.